The van der Waals surface area contributed by atoms with Crippen molar-refractivity contribution >= 4 is 11.9 Å². The van der Waals surface area contributed by atoms with Crippen LogP contribution in [0.5, 0.6) is 0 Å². The van der Waals surface area contributed by atoms with Gasteiger partial charge in [-0.3, -0.25) is 0 Å². The van der Waals surface area contributed by atoms with Crippen LogP contribution in [-0.4, -0.2) is 49.6 Å². The zero-order valence-corrected chi connectivity index (χ0v) is 23.8. The second-order valence-corrected chi connectivity index (χ2v) is 11.0. The molecule has 6 heteroatoms. The molecule has 3 rings (SSSR count). The standard InChI is InChI=1S/C32H50O6/c1-3-5-7-9-11-15-27-29(37-27)17-13-23-35-31(33)25-19-21-26(22-20-25)32(34)36-24-14-18-30-28(38-30)16-12-10-8-6-4-2/h19-22,27-30H,3-18,23-24H2,1-2H3. The average molecular weight is 531 g/mol. The molecule has 4 atom stereocenters. The molecule has 4 unspecified atom stereocenters. The summed E-state index contributed by atoms with van der Waals surface area (Å²) in [6, 6.07) is 6.50. The van der Waals surface area contributed by atoms with Crippen LogP contribution in [0, 0.1) is 0 Å². The van der Waals surface area contributed by atoms with Gasteiger partial charge in [-0.2, -0.15) is 0 Å². The van der Waals surface area contributed by atoms with E-state index in [0.29, 0.717) is 48.8 Å². The molecule has 0 amide bonds. The van der Waals surface area contributed by atoms with Crippen LogP contribution < -0.4 is 0 Å². The minimum absolute atomic E-state index is 0.337. The lowest BCUT2D eigenvalue weighted by Crippen LogP contribution is -2.10. The number of hydrogen-bond acceptors (Lipinski definition) is 6. The molecule has 38 heavy (non-hydrogen) atoms. The lowest BCUT2D eigenvalue weighted by Gasteiger charge is -2.06. The van der Waals surface area contributed by atoms with Crippen molar-refractivity contribution in [3.05, 3.63) is 35.4 Å². The van der Waals surface area contributed by atoms with Crippen LogP contribution in [-0.2, 0) is 18.9 Å². The molecule has 1 aromatic rings. The number of carbonyl (C=O) groups is 2. The molecule has 0 aliphatic carbocycles. The van der Waals surface area contributed by atoms with Crippen LogP contribution in [0.1, 0.15) is 137 Å². The number of carbonyl (C=O) groups excluding carboxylic acids is 2. The molecule has 0 bridgehead atoms. The Kier molecular flexibility index (Phi) is 14.2. The van der Waals surface area contributed by atoms with Gasteiger partial charge in [-0.1, -0.05) is 78.1 Å². The summed E-state index contributed by atoms with van der Waals surface area (Å²) in [5.74, 6) is -0.725. The minimum atomic E-state index is -0.363. The summed E-state index contributed by atoms with van der Waals surface area (Å²) < 4.78 is 22.3. The summed E-state index contributed by atoms with van der Waals surface area (Å²) in [5, 5.41) is 0. The molecular weight excluding hydrogens is 480 g/mol. The smallest absolute Gasteiger partial charge is 0.338 e. The third-order valence-corrected chi connectivity index (χ3v) is 7.65. The predicted molar refractivity (Wildman–Crippen MR) is 150 cm³/mol. The Morgan fingerprint density at radius 2 is 0.895 bits per heavy atom. The molecule has 2 aliphatic rings. The van der Waals surface area contributed by atoms with Gasteiger partial charge in [0.15, 0.2) is 0 Å². The number of hydrogen-bond donors (Lipinski definition) is 0. The highest BCUT2D eigenvalue weighted by molar-refractivity contribution is 5.93. The van der Waals surface area contributed by atoms with Crippen molar-refractivity contribution < 1.29 is 28.5 Å². The van der Waals surface area contributed by atoms with E-state index in [0.717, 1.165) is 38.5 Å². The summed E-state index contributed by atoms with van der Waals surface area (Å²) in [4.78, 5) is 24.6. The summed E-state index contributed by atoms with van der Waals surface area (Å²) in [5.41, 5.74) is 0.890. The highest BCUT2D eigenvalue weighted by Gasteiger charge is 2.37. The van der Waals surface area contributed by atoms with Crippen molar-refractivity contribution in [1.82, 2.24) is 0 Å². The van der Waals surface area contributed by atoms with Crippen molar-refractivity contribution in [2.24, 2.45) is 0 Å². The normalized spacial score (nSPS) is 21.7. The third-order valence-electron chi connectivity index (χ3n) is 7.65. The van der Waals surface area contributed by atoms with E-state index in [2.05, 4.69) is 13.8 Å². The summed E-state index contributed by atoms with van der Waals surface area (Å²) >= 11 is 0. The van der Waals surface area contributed by atoms with Gasteiger partial charge >= 0.3 is 11.9 Å². The molecule has 0 radical (unpaired) electrons. The summed E-state index contributed by atoms with van der Waals surface area (Å²) in [6.45, 7) is 5.24. The molecule has 0 spiro atoms. The van der Waals surface area contributed by atoms with Gasteiger partial charge < -0.3 is 18.9 Å². The monoisotopic (exact) mass is 530 g/mol. The van der Waals surface area contributed by atoms with E-state index in [-0.39, 0.29) is 11.9 Å². The van der Waals surface area contributed by atoms with Gasteiger partial charge in [0.1, 0.15) is 0 Å². The van der Waals surface area contributed by atoms with Crippen molar-refractivity contribution in [2.45, 2.75) is 141 Å². The Bertz CT molecular complexity index is 740. The van der Waals surface area contributed by atoms with E-state index in [9.17, 15) is 9.59 Å². The molecule has 1 aromatic carbocycles. The van der Waals surface area contributed by atoms with Crippen LogP contribution in [0.3, 0.4) is 0 Å². The summed E-state index contributed by atoms with van der Waals surface area (Å²) in [7, 11) is 0. The van der Waals surface area contributed by atoms with Gasteiger partial charge in [0.05, 0.1) is 48.8 Å². The number of unbranched alkanes of at least 4 members (excludes halogenated alkanes) is 8. The van der Waals surface area contributed by atoms with E-state index >= 15 is 0 Å². The van der Waals surface area contributed by atoms with Gasteiger partial charge in [0.2, 0.25) is 0 Å². The minimum Gasteiger partial charge on any atom is -0.462 e. The molecule has 0 aromatic heterocycles. The van der Waals surface area contributed by atoms with Crippen molar-refractivity contribution in [1.29, 1.82) is 0 Å². The fraction of sp³-hybridized carbons (Fsp3) is 0.750. The fourth-order valence-electron chi connectivity index (χ4n) is 5.08. The molecule has 2 fully saturated rings. The maximum Gasteiger partial charge on any atom is 0.338 e. The Hall–Kier alpha value is -1.92. The first-order valence-electron chi connectivity index (χ1n) is 15.4. The zero-order valence-electron chi connectivity index (χ0n) is 23.8. The van der Waals surface area contributed by atoms with Crippen LogP contribution >= 0.6 is 0 Å². The van der Waals surface area contributed by atoms with Crippen LogP contribution in [0.25, 0.3) is 0 Å². The Morgan fingerprint density at radius 3 is 1.26 bits per heavy atom. The second kappa shape index (κ2) is 17.6. The second-order valence-electron chi connectivity index (χ2n) is 11.0. The van der Waals surface area contributed by atoms with E-state index < -0.39 is 0 Å². The quantitative estimate of drug-likeness (QED) is 0.0864. The van der Waals surface area contributed by atoms with Gasteiger partial charge in [-0.05, 0) is 62.8 Å². The molecule has 2 aliphatic heterocycles. The Labute approximate surface area is 230 Å². The van der Waals surface area contributed by atoms with E-state index in [1.807, 2.05) is 0 Å². The maximum atomic E-state index is 12.3. The third kappa shape index (κ3) is 11.9. The van der Waals surface area contributed by atoms with Gasteiger partial charge in [0, 0.05) is 0 Å². The number of rotatable bonds is 22. The lowest BCUT2D eigenvalue weighted by molar-refractivity contribution is 0.0481. The van der Waals surface area contributed by atoms with Crippen LogP contribution in [0.4, 0.5) is 0 Å². The fourth-order valence-corrected chi connectivity index (χ4v) is 5.08. The first kappa shape index (κ1) is 30.6. The molecule has 2 heterocycles. The number of epoxide rings is 2. The number of ether oxygens (including phenoxy) is 4. The highest BCUT2D eigenvalue weighted by atomic mass is 16.6. The van der Waals surface area contributed by atoms with Gasteiger partial charge in [-0.15, -0.1) is 0 Å². The van der Waals surface area contributed by atoms with E-state index in [1.165, 1.54) is 64.2 Å². The molecule has 0 saturated carbocycles. The van der Waals surface area contributed by atoms with Crippen molar-refractivity contribution in [2.75, 3.05) is 13.2 Å². The summed E-state index contributed by atoms with van der Waals surface area (Å²) in [6.07, 6.45) is 20.2. The van der Waals surface area contributed by atoms with E-state index in [4.69, 9.17) is 18.9 Å². The van der Waals surface area contributed by atoms with Crippen LogP contribution in [0.15, 0.2) is 24.3 Å². The highest BCUT2D eigenvalue weighted by Crippen LogP contribution is 2.32. The molecule has 2 saturated heterocycles. The molecular formula is C32H50O6. The van der Waals surface area contributed by atoms with Crippen molar-refractivity contribution in [3.63, 3.8) is 0 Å². The topological polar surface area (TPSA) is 77.7 Å². The zero-order chi connectivity index (χ0) is 27.0. The first-order valence-corrected chi connectivity index (χ1v) is 15.4. The van der Waals surface area contributed by atoms with Gasteiger partial charge in [0.25, 0.3) is 0 Å². The average Bonchev–Trinajstić information content (AvgIpc) is 3.86. The lowest BCUT2D eigenvalue weighted by atomic mass is 10.1. The Balaban J connectivity index is 1.18. The molecule has 0 N–H and O–H groups in total. The van der Waals surface area contributed by atoms with Crippen molar-refractivity contribution in [3.8, 4) is 0 Å². The predicted octanol–water partition coefficient (Wildman–Crippen LogP) is 7.82. The first-order chi connectivity index (χ1) is 18.6. The Morgan fingerprint density at radius 1 is 0.553 bits per heavy atom. The van der Waals surface area contributed by atoms with E-state index in [1.54, 1.807) is 24.3 Å². The van der Waals surface area contributed by atoms with Crippen LogP contribution in [0.2, 0.25) is 0 Å². The largest absolute Gasteiger partial charge is 0.462 e. The maximum absolute atomic E-state index is 12.3. The molecule has 6 nitrogen and oxygen atoms in total. The molecule has 214 valence electrons. The van der Waals surface area contributed by atoms with Gasteiger partial charge in [-0.25, -0.2) is 9.59 Å². The number of esters is 2. The SMILES string of the molecule is CCCCCCCC1OC1CCCOC(=O)c1ccc(C(=O)OCCCC2OC2CCCCCCC)cc1. The number of benzene rings is 1.